The Morgan fingerprint density at radius 3 is 3.19 bits per heavy atom. The molecular formula is C12H13N3S. The Labute approximate surface area is 98.2 Å². The van der Waals surface area contributed by atoms with Crippen molar-refractivity contribution in [1.29, 1.82) is 0 Å². The molecule has 1 atom stereocenters. The lowest BCUT2D eigenvalue weighted by Crippen LogP contribution is -2.20. The van der Waals surface area contributed by atoms with E-state index in [1.165, 1.54) is 6.42 Å². The van der Waals surface area contributed by atoms with Crippen LogP contribution in [0, 0.1) is 0 Å². The molecule has 1 unspecified atom stereocenters. The summed E-state index contributed by atoms with van der Waals surface area (Å²) >= 11 is 1.70. The van der Waals surface area contributed by atoms with Crippen molar-refractivity contribution in [3.63, 3.8) is 0 Å². The lowest BCUT2D eigenvalue weighted by molar-refractivity contribution is 0.643. The number of hydrogen-bond donors (Lipinski definition) is 1. The van der Waals surface area contributed by atoms with E-state index in [-0.39, 0.29) is 0 Å². The molecule has 0 radical (unpaired) electrons. The number of rotatable bonds is 2. The molecular weight excluding hydrogens is 218 g/mol. The van der Waals surface area contributed by atoms with Gasteiger partial charge in [0.25, 0.3) is 0 Å². The Bertz CT molecular complexity index is 518. The Morgan fingerprint density at radius 1 is 1.31 bits per heavy atom. The SMILES string of the molecule is C1=CCC(Nc2ncnc3ccsc23)CC1. The molecule has 2 aromatic rings. The van der Waals surface area contributed by atoms with Crippen molar-refractivity contribution >= 4 is 27.4 Å². The van der Waals surface area contributed by atoms with Crippen LogP contribution in [0.1, 0.15) is 19.3 Å². The average molecular weight is 231 g/mol. The van der Waals surface area contributed by atoms with Gasteiger partial charge in [-0.2, -0.15) is 0 Å². The molecule has 2 aromatic heterocycles. The van der Waals surface area contributed by atoms with Gasteiger partial charge < -0.3 is 5.32 Å². The van der Waals surface area contributed by atoms with Gasteiger partial charge in [-0.1, -0.05) is 12.2 Å². The third kappa shape index (κ3) is 1.80. The van der Waals surface area contributed by atoms with Crippen LogP contribution < -0.4 is 5.32 Å². The molecule has 0 aromatic carbocycles. The molecule has 0 amide bonds. The van der Waals surface area contributed by atoms with E-state index in [2.05, 4.69) is 32.8 Å². The van der Waals surface area contributed by atoms with Gasteiger partial charge in [-0.05, 0) is 30.7 Å². The number of fused-ring (bicyclic) bond motifs is 1. The average Bonchev–Trinajstić information content (AvgIpc) is 2.80. The van der Waals surface area contributed by atoms with E-state index in [9.17, 15) is 0 Å². The minimum Gasteiger partial charge on any atom is -0.366 e. The highest BCUT2D eigenvalue weighted by molar-refractivity contribution is 7.17. The van der Waals surface area contributed by atoms with E-state index >= 15 is 0 Å². The number of nitrogens with zero attached hydrogens (tertiary/aromatic N) is 2. The highest BCUT2D eigenvalue weighted by atomic mass is 32.1. The van der Waals surface area contributed by atoms with E-state index in [4.69, 9.17) is 0 Å². The second kappa shape index (κ2) is 4.22. The smallest absolute Gasteiger partial charge is 0.147 e. The summed E-state index contributed by atoms with van der Waals surface area (Å²) in [5.41, 5.74) is 1.04. The molecule has 16 heavy (non-hydrogen) atoms. The summed E-state index contributed by atoms with van der Waals surface area (Å²) in [7, 11) is 0. The zero-order chi connectivity index (χ0) is 10.8. The maximum Gasteiger partial charge on any atom is 0.147 e. The number of nitrogens with one attached hydrogen (secondary N) is 1. The molecule has 1 aliphatic rings. The predicted molar refractivity (Wildman–Crippen MR) is 67.8 cm³/mol. The molecule has 0 fully saturated rings. The first-order chi connectivity index (χ1) is 7.93. The molecule has 0 saturated carbocycles. The Balaban J connectivity index is 1.88. The fraction of sp³-hybridized carbons (Fsp3) is 0.333. The molecule has 4 heteroatoms. The van der Waals surface area contributed by atoms with Crippen molar-refractivity contribution in [2.45, 2.75) is 25.3 Å². The van der Waals surface area contributed by atoms with Crippen LogP contribution in [0.2, 0.25) is 0 Å². The van der Waals surface area contributed by atoms with Gasteiger partial charge in [0.05, 0.1) is 10.2 Å². The van der Waals surface area contributed by atoms with Crippen LogP contribution in [0.4, 0.5) is 5.82 Å². The highest BCUT2D eigenvalue weighted by Gasteiger charge is 2.12. The number of aromatic nitrogens is 2. The van der Waals surface area contributed by atoms with Crippen molar-refractivity contribution in [1.82, 2.24) is 9.97 Å². The predicted octanol–water partition coefficient (Wildman–Crippen LogP) is 3.21. The van der Waals surface area contributed by atoms with Gasteiger partial charge in [-0.3, -0.25) is 0 Å². The van der Waals surface area contributed by atoms with Gasteiger partial charge in [0.1, 0.15) is 12.1 Å². The maximum absolute atomic E-state index is 4.34. The molecule has 3 nitrogen and oxygen atoms in total. The third-order valence-electron chi connectivity index (χ3n) is 2.85. The molecule has 0 bridgehead atoms. The van der Waals surface area contributed by atoms with Gasteiger partial charge in [0.15, 0.2) is 0 Å². The number of anilines is 1. The first-order valence-electron chi connectivity index (χ1n) is 5.53. The summed E-state index contributed by atoms with van der Waals surface area (Å²) in [6, 6.07) is 2.55. The zero-order valence-corrected chi connectivity index (χ0v) is 9.70. The molecule has 1 aliphatic carbocycles. The van der Waals surface area contributed by atoms with Crippen LogP contribution in [-0.4, -0.2) is 16.0 Å². The van der Waals surface area contributed by atoms with Gasteiger partial charge in [0, 0.05) is 6.04 Å². The molecule has 1 N–H and O–H groups in total. The fourth-order valence-electron chi connectivity index (χ4n) is 2.01. The topological polar surface area (TPSA) is 37.8 Å². The Morgan fingerprint density at radius 2 is 2.31 bits per heavy atom. The molecule has 0 spiro atoms. The van der Waals surface area contributed by atoms with E-state index in [1.807, 2.05) is 6.07 Å². The lowest BCUT2D eigenvalue weighted by Gasteiger charge is -2.19. The Kier molecular flexibility index (Phi) is 2.58. The maximum atomic E-state index is 4.34. The van der Waals surface area contributed by atoms with Crippen LogP contribution >= 0.6 is 11.3 Å². The fourth-order valence-corrected chi connectivity index (χ4v) is 2.81. The Hall–Kier alpha value is -1.42. The first-order valence-corrected chi connectivity index (χ1v) is 6.41. The number of allylic oxidation sites excluding steroid dienone is 1. The van der Waals surface area contributed by atoms with E-state index in [1.54, 1.807) is 17.7 Å². The zero-order valence-electron chi connectivity index (χ0n) is 8.89. The van der Waals surface area contributed by atoms with Crippen LogP contribution in [0.3, 0.4) is 0 Å². The molecule has 82 valence electrons. The summed E-state index contributed by atoms with van der Waals surface area (Å²) in [6.45, 7) is 0. The molecule has 2 heterocycles. The minimum absolute atomic E-state index is 0.519. The van der Waals surface area contributed by atoms with Crippen molar-refractivity contribution in [2.75, 3.05) is 5.32 Å². The van der Waals surface area contributed by atoms with Gasteiger partial charge in [-0.25, -0.2) is 9.97 Å². The van der Waals surface area contributed by atoms with E-state index in [0.29, 0.717) is 6.04 Å². The monoisotopic (exact) mass is 231 g/mol. The largest absolute Gasteiger partial charge is 0.366 e. The normalized spacial score (nSPS) is 20.1. The summed E-state index contributed by atoms with van der Waals surface area (Å²) in [6.07, 6.45) is 9.57. The molecule has 3 rings (SSSR count). The third-order valence-corrected chi connectivity index (χ3v) is 3.76. The summed E-state index contributed by atoms with van der Waals surface area (Å²) in [5.74, 6) is 0.986. The van der Waals surface area contributed by atoms with Crippen molar-refractivity contribution in [2.24, 2.45) is 0 Å². The lowest BCUT2D eigenvalue weighted by atomic mass is 10.0. The van der Waals surface area contributed by atoms with Crippen molar-refractivity contribution in [3.8, 4) is 0 Å². The van der Waals surface area contributed by atoms with Crippen LogP contribution in [0.5, 0.6) is 0 Å². The number of hydrogen-bond acceptors (Lipinski definition) is 4. The summed E-state index contributed by atoms with van der Waals surface area (Å²) in [4.78, 5) is 8.58. The number of thiophene rings is 1. The van der Waals surface area contributed by atoms with E-state index < -0.39 is 0 Å². The molecule has 0 saturated heterocycles. The van der Waals surface area contributed by atoms with Gasteiger partial charge in [-0.15, -0.1) is 11.3 Å². The standard InChI is InChI=1S/C12H13N3S/c1-2-4-9(5-3-1)15-12-11-10(6-7-16-11)13-8-14-12/h1-2,6-9H,3-5H2,(H,13,14,15). The van der Waals surface area contributed by atoms with Crippen LogP contribution in [-0.2, 0) is 0 Å². The summed E-state index contributed by atoms with van der Waals surface area (Å²) in [5, 5.41) is 5.58. The summed E-state index contributed by atoms with van der Waals surface area (Å²) < 4.78 is 1.16. The quantitative estimate of drug-likeness (QED) is 0.806. The highest BCUT2D eigenvalue weighted by Crippen LogP contribution is 2.26. The second-order valence-electron chi connectivity index (χ2n) is 3.98. The molecule has 0 aliphatic heterocycles. The van der Waals surface area contributed by atoms with Crippen molar-refractivity contribution < 1.29 is 0 Å². The van der Waals surface area contributed by atoms with Crippen LogP contribution in [0.25, 0.3) is 10.2 Å². The van der Waals surface area contributed by atoms with Gasteiger partial charge in [0.2, 0.25) is 0 Å². The van der Waals surface area contributed by atoms with E-state index in [0.717, 1.165) is 28.9 Å². The first kappa shape index (κ1) is 9.78. The second-order valence-corrected chi connectivity index (χ2v) is 4.90. The van der Waals surface area contributed by atoms with Crippen molar-refractivity contribution in [3.05, 3.63) is 29.9 Å². The minimum atomic E-state index is 0.519. The van der Waals surface area contributed by atoms with Gasteiger partial charge >= 0.3 is 0 Å². The van der Waals surface area contributed by atoms with Crippen LogP contribution in [0.15, 0.2) is 29.9 Å².